The van der Waals surface area contributed by atoms with Crippen LogP contribution in [-0.2, 0) is 9.47 Å². The van der Waals surface area contributed by atoms with E-state index < -0.39 is 6.29 Å². The van der Waals surface area contributed by atoms with Gasteiger partial charge in [-0.2, -0.15) is 9.97 Å². The Morgan fingerprint density at radius 1 is 0.889 bits per heavy atom. The fraction of sp³-hybridized carbons (Fsp3) is 0.474. The van der Waals surface area contributed by atoms with Gasteiger partial charge in [-0.05, 0) is 39.8 Å². The molecule has 0 N–H and O–H groups in total. The van der Waals surface area contributed by atoms with Crippen molar-refractivity contribution in [3.8, 4) is 23.5 Å². The van der Waals surface area contributed by atoms with E-state index in [1.54, 1.807) is 24.3 Å². The summed E-state index contributed by atoms with van der Waals surface area (Å²) in [5, 5.41) is 0.439. The lowest BCUT2D eigenvalue weighted by Gasteiger charge is -2.19. The number of methoxy groups -OCH3 is 2. The normalized spacial score (nSPS) is 11.3. The Balaban J connectivity index is 2.42. The SMILES string of the molecule is COC(OC)c1c(Cl)cccc1Oc1nc(OC(C)C)cc(OC(C)C)n1. The molecule has 0 bridgehead atoms. The van der Waals surface area contributed by atoms with E-state index in [-0.39, 0.29) is 18.2 Å². The Bertz CT molecular complexity index is 723. The molecule has 0 amide bonds. The highest BCUT2D eigenvalue weighted by molar-refractivity contribution is 6.31. The number of aromatic nitrogens is 2. The minimum Gasteiger partial charge on any atom is -0.475 e. The van der Waals surface area contributed by atoms with Crippen molar-refractivity contribution < 1.29 is 23.7 Å². The van der Waals surface area contributed by atoms with E-state index in [9.17, 15) is 0 Å². The third-order valence-corrected chi connectivity index (χ3v) is 3.58. The summed E-state index contributed by atoms with van der Waals surface area (Å²) < 4.78 is 27.9. The van der Waals surface area contributed by atoms with E-state index in [0.717, 1.165) is 0 Å². The second-order valence-corrected chi connectivity index (χ2v) is 6.62. The first-order valence-electron chi connectivity index (χ1n) is 8.58. The molecule has 27 heavy (non-hydrogen) atoms. The van der Waals surface area contributed by atoms with Crippen LogP contribution in [0.25, 0.3) is 0 Å². The number of halogens is 1. The van der Waals surface area contributed by atoms with Gasteiger partial charge in [-0.15, -0.1) is 0 Å². The van der Waals surface area contributed by atoms with Gasteiger partial charge in [-0.25, -0.2) is 0 Å². The van der Waals surface area contributed by atoms with Crippen LogP contribution in [0.5, 0.6) is 23.5 Å². The van der Waals surface area contributed by atoms with Crippen LogP contribution in [0.3, 0.4) is 0 Å². The predicted octanol–water partition coefficient (Wildman–Crippen LogP) is 4.79. The molecule has 0 aliphatic heterocycles. The average molecular weight is 397 g/mol. The molecule has 0 atom stereocenters. The van der Waals surface area contributed by atoms with Gasteiger partial charge >= 0.3 is 6.01 Å². The number of ether oxygens (including phenoxy) is 5. The molecule has 0 fully saturated rings. The Morgan fingerprint density at radius 3 is 1.93 bits per heavy atom. The number of hydrogen-bond acceptors (Lipinski definition) is 7. The lowest BCUT2D eigenvalue weighted by atomic mass is 10.2. The number of hydrogen-bond donors (Lipinski definition) is 0. The zero-order valence-electron chi connectivity index (χ0n) is 16.4. The topological polar surface area (TPSA) is 71.9 Å². The minimum atomic E-state index is -0.699. The second-order valence-electron chi connectivity index (χ2n) is 6.22. The van der Waals surface area contributed by atoms with Crippen molar-refractivity contribution >= 4 is 11.6 Å². The van der Waals surface area contributed by atoms with Crippen LogP contribution in [0, 0.1) is 0 Å². The van der Waals surface area contributed by atoms with Gasteiger partial charge in [0.05, 0.1) is 28.9 Å². The summed E-state index contributed by atoms with van der Waals surface area (Å²) in [7, 11) is 3.03. The average Bonchev–Trinajstić information content (AvgIpc) is 2.56. The first-order chi connectivity index (χ1) is 12.8. The van der Waals surface area contributed by atoms with E-state index >= 15 is 0 Å². The standard InChI is InChI=1S/C19H25ClN2O5/c1-11(2)25-15-10-16(26-12(3)4)22-19(21-15)27-14-9-7-8-13(20)17(14)18(23-5)24-6/h7-12,18H,1-6H3. The van der Waals surface area contributed by atoms with Crippen molar-refractivity contribution in [1.82, 2.24) is 9.97 Å². The predicted molar refractivity (Wildman–Crippen MR) is 102 cm³/mol. The molecule has 8 heteroatoms. The number of nitrogens with zero attached hydrogens (tertiary/aromatic N) is 2. The molecule has 1 aromatic heterocycles. The molecular weight excluding hydrogens is 372 g/mol. The summed E-state index contributed by atoms with van der Waals surface area (Å²) in [4.78, 5) is 8.60. The highest BCUT2D eigenvalue weighted by Gasteiger charge is 2.21. The molecule has 148 valence electrons. The van der Waals surface area contributed by atoms with Crippen LogP contribution in [0.2, 0.25) is 5.02 Å². The monoisotopic (exact) mass is 396 g/mol. The molecular formula is C19H25ClN2O5. The van der Waals surface area contributed by atoms with Crippen molar-refractivity contribution in [3.63, 3.8) is 0 Å². The van der Waals surface area contributed by atoms with E-state index in [0.29, 0.717) is 28.1 Å². The molecule has 0 saturated carbocycles. The third-order valence-electron chi connectivity index (χ3n) is 3.25. The largest absolute Gasteiger partial charge is 0.475 e. The molecule has 0 radical (unpaired) electrons. The molecule has 2 rings (SSSR count). The van der Waals surface area contributed by atoms with Gasteiger partial charge < -0.3 is 23.7 Å². The van der Waals surface area contributed by atoms with Crippen LogP contribution >= 0.6 is 11.6 Å². The van der Waals surface area contributed by atoms with Gasteiger partial charge in [0, 0.05) is 14.2 Å². The van der Waals surface area contributed by atoms with Crippen molar-refractivity contribution in [2.24, 2.45) is 0 Å². The van der Waals surface area contributed by atoms with Crippen molar-refractivity contribution in [3.05, 3.63) is 34.9 Å². The van der Waals surface area contributed by atoms with Crippen molar-refractivity contribution in [2.75, 3.05) is 14.2 Å². The molecule has 0 unspecified atom stereocenters. The lowest BCUT2D eigenvalue weighted by molar-refractivity contribution is -0.106. The van der Waals surface area contributed by atoms with Crippen LogP contribution in [0.4, 0.5) is 0 Å². The van der Waals surface area contributed by atoms with Crippen LogP contribution in [0.15, 0.2) is 24.3 Å². The third kappa shape index (κ3) is 5.95. The van der Waals surface area contributed by atoms with E-state index in [2.05, 4.69) is 9.97 Å². The van der Waals surface area contributed by atoms with Crippen LogP contribution < -0.4 is 14.2 Å². The fourth-order valence-electron chi connectivity index (χ4n) is 2.30. The van der Waals surface area contributed by atoms with Gasteiger partial charge in [-0.3, -0.25) is 0 Å². The molecule has 7 nitrogen and oxygen atoms in total. The maximum Gasteiger partial charge on any atom is 0.328 e. The lowest BCUT2D eigenvalue weighted by Crippen LogP contribution is -2.11. The summed E-state index contributed by atoms with van der Waals surface area (Å²) in [6, 6.07) is 6.90. The number of rotatable bonds is 9. The van der Waals surface area contributed by atoms with E-state index in [4.69, 9.17) is 35.3 Å². The molecule has 0 aliphatic carbocycles. The minimum absolute atomic E-state index is 0.0623. The summed E-state index contributed by atoms with van der Waals surface area (Å²) >= 11 is 6.32. The molecule has 1 aromatic carbocycles. The maximum atomic E-state index is 6.32. The second kappa shape index (κ2) is 9.73. The van der Waals surface area contributed by atoms with E-state index in [1.807, 2.05) is 27.7 Å². The Hall–Kier alpha value is -2.09. The van der Waals surface area contributed by atoms with Gasteiger partial charge in [0.15, 0.2) is 6.29 Å². The highest BCUT2D eigenvalue weighted by atomic mass is 35.5. The van der Waals surface area contributed by atoms with E-state index in [1.165, 1.54) is 14.2 Å². The first kappa shape index (κ1) is 21.2. The van der Waals surface area contributed by atoms with Gasteiger partial charge in [-0.1, -0.05) is 17.7 Å². The molecule has 1 heterocycles. The van der Waals surface area contributed by atoms with Crippen LogP contribution in [0.1, 0.15) is 39.5 Å². The summed E-state index contributed by atoms with van der Waals surface area (Å²) in [6.45, 7) is 7.62. The Labute approximate surface area is 164 Å². The van der Waals surface area contributed by atoms with Crippen molar-refractivity contribution in [1.29, 1.82) is 0 Å². The quantitative estimate of drug-likeness (QED) is 0.564. The summed E-state index contributed by atoms with van der Waals surface area (Å²) in [6.07, 6.45) is -0.823. The molecule has 0 saturated heterocycles. The van der Waals surface area contributed by atoms with Gasteiger partial charge in [0.2, 0.25) is 11.8 Å². The smallest absolute Gasteiger partial charge is 0.328 e. The van der Waals surface area contributed by atoms with Crippen molar-refractivity contribution in [2.45, 2.75) is 46.2 Å². The summed E-state index contributed by atoms with van der Waals surface area (Å²) in [5.74, 6) is 1.11. The molecule has 0 spiro atoms. The zero-order chi connectivity index (χ0) is 20.0. The van der Waals surface area contributed by atoms with Gasteiger partial charge in [0.1, 0.15) is 5.75 Å². The Morgan fingerprint density at radius 2 is 1.44 bits per heavy atom. The number of benzene rings is 1. The first-order valence-corrected chi connectivity index (χ1v) is 8.96. The highest BCUT2D eigenvalue weighted by Crippen LogP contribution is 2.36. The fourth-order valence-corrected chi connectivity index (χ4v) is 2.55. The molecule has 0 aliphatic rings. The maximum absolute atomic E-state index is 6.32. The Kier molecular flexibility index (Phi) is 7.65. The van der Waals surface area contributed by atoms with Gasteiger partial charge in [0.25, 0.3) is 0 Å². The van der Waals surface area contributed by atoms with Crippen LogP contribution in [-0.4, -0.2) is 36.4 Å². The summed E-state index contributed by atoms with van der Waals surface area (Å²) in [5.41, 5.74) is 0.536. The zero-order valence-corrected chi connectivity index (χ0v) is 17.1. The molecule has 2 aromatic rings.